The number of methoxy groups -OCH3 is 2. The van der Waals surface area contributed by atoms with E-state index < -0.39 is 55.2 Å². The minimum atomic E-state index is -4.49. The van der Waals surface area contributed by atoms with Gasteiger partial charge >= 0.3 is 18.4 Å². The standard InChI is InChI=1S/C40H47F3N8O6/c1-4-7-28(48-38(54)56-2)36(52)50-20-5-8-32(50)34-44-22-30(46-34)26-14-10-24(11-15-26)25-12-16-27(17-13-25)31-23-45-35(47-31)33-9-6-21-51(33)37(53)29(49-39(55)57-3)18-19-40(41,42)43/h10-17,22-23,28-29,32-33H,4-9,18-21H2,1-3H3,(H,44,46)(H,45,47)(H,48,54)(H,49,55)/t28-,29-,32-,33-/m0/s1. The fraction of sp³-hybridized carbons (Fsp3) is 0.450. The SMILES string of the molecule is CCC[C@H](NC(=O)OC)C(=O)N1CCC[C@H]1c1ncc(-c2ccc(-c3ccc(-c4cnc([C@@H]5CCCN5C(=O)[C@H](CCC(F)(F)F)NC(=O)OC)[nH]4)cc3)cc2)[nH]1. The van der Waals surface area contributed by atoms with Crippen LogP contribution >= 0.6 is 0 Å². The van der Waals surface area contributed by atoms with Gasteiger partial charge in [-0.3, -0.25) is 9.59 Å². The summed E-state index contributed by atoms with van der Waals surface area (Å²) in [6, 6.07) is 13.1. The minimum absolute atomic E-state index is 0.149. The highest BCUT2D eigenvalue weighted by Crippen LogP contribution is 2.35. The molecule has 2 aromatic heterocycles. The summed E-state index contributed by atoms with van der Waals surface area (Å²) >= 11 is 0. The summed E-state index contributed by atoms with van der Waals surface area (Å²) in [4.78, 5) is 69.8. The average molecular weight is 793 g/mol. The minimum Gasteiger partial charge on any atom is -0.453 e. The van der Waals surface area contributed by atoms with Crippen LogP contribution in [-0.2, 0) is 19.1 Å². The molecule has 2 saturated heterocycles. The van der Waals surface area contributed by atoms with E-state index in [-0.39, 0.29) is 11.9 Å². The Morgan fingerprint density at radius 3 is 1.51 bits per heavy atom. The number of hydrogen-bond donors (Lipinski definition) is 4. The van der Waals surface area contributed by atoms with Gasteiger partial charge in [-0.15, -0.1) is 0 Å². The predicted octanol–water partition coefficient (Wildman–Crippen LogP) is 7.05. The highest BCUT2D eigenvalue weighted by molar-refractivity contribution is 5.87. The van der Waals surface area contributed by atoms with Crippen molar-refractivity contribution < 1.29 is 41.8 Å². The van der Waals surface area contributed by atoms with Gasteiger partial charge < -0.3 is 39.9 Å². The van der Waals surface area contributed by atoms with Gasteiger partial charge in [0.25, 0.3) is 0 Å². The molecule has 0 spiro atoms. The lowest BCUT2D eigenvalue weighted by Gasteiger charge is -2.28. The number of hydrogen-bond acceptors (Lipinski definition) is 8. The zero-order valence-corrected chi connectivity index (χ0v) is 32.0. The van der Waals surface area contributed by atoms with Crippen LogP contribution in [0.4, 0.5) is 22.8 Å². The number of alkyl carbamates (subject to hydrolysis) is 2. The van der Waals surface area contributed by atoms with Crippen LogP contribution in [0.25, 0.3) is 33.6 Å². The van der Waals surface area contributed by atoms with Crippen molar-refractivity contribution in [1.29, 1.82) is 0 Å². The van der Waals surface area contributed by atoms with Gasteiger partial charge in [-0.1, -0.05) is 61.9 Å². The van der Waals surface area contributed by atoms with Crippen LogP contribution in [0.1, 0.15) is 82.0 Å². The number of carbonyl (C=O) groups is 4. The average Bonchev–Trinajstić information content (AvgIpc) is 4.05. The number of aromatic amines is 2. The first kappa shape index (κ1) is 40.8. The number of H-pyrrole nitrogens is 2. The van der Waals surface area contributed by atoms with Crippen molar-refractivity contribution in [2.24, 2.45) is 0 Å². The first-order valence-corrected chi connectivity index (χ1v) is 19.1. The van der Waals surface area contributed by atoms with Gasteiger partial charge in [0.15, 0.2) is 0 Å². The third kappa shape index (κ3) is 9.75. The number of ether oxygens (including phenoxy) is 2. The molecule has 17 heteroatoms. The van der Waals surface area contributed by atoms with E-state index in [2.05, 4.69) is 35.3 Å². The molecule has 2 aliphatic heterocycles. The maximum Gasteiger partial charge on any atom is 0.407 e. The van der Waals surface area contributed by atoms with Crippen LogP contribution in [-0.4, -0.2) is 99.3 Å². The Balaban J connectivity index is 1.10. The fourth-order valence-corrected chi connectivity index (χ4v) is 7.53. The van der Waals surface area contributed by atoms with Crippen molar-refractivity contribution in [3.05, 3.63) is 72.6 Å². The Kier molecular flexibility index (Phi) is 12.8. The normalized spacial score (nSPS) is 17.9. The Bertz CT molecular complexity index is 2020. The van der Waals surface area contributed by atoms with Crippen LogP contribution in [0.5, 0.6) is 0 Å². The molecule has 0 unspecified atom stereocenters. The summed E-state index contributed by atoms with van der Waals surface area (Å²) in [6.07, 6.45) is -0.506. The molecule has 0 radical (unpaired) electrons. The quantitative estimate of drug-likeness (QED) is 0.111. The van der Waals surface area contributed by atoms with Crippen molar-refractivity contribution in [2.75, 3.05) is 27.3 Å². The fourth-order valence-electron chi connectivity index (χ4n) is 7.53. The van der Waals surface area contributed by atoms with Gasteiger partial charge in [-0.25, -0.2) is 19.6 Å². The molecule has 4 atom stereocenters. The van der Waals surface area contributed by atoms with Crippen LogP contribution in [0.2, 0.25) is 0 Å². The summed E-state index contributed by atoms with van der Waals surface area (Å²) < 4.78 is 48.3. The summed E-state index contributed by atoms with van der Waals surface area (Å²) in [6.45, 7) is 2.85. The molecule has 4 N–H and O–H groups in total. The van der Waals surface area contributed by atoms with Crippen LogP contribution in [0.15, 0.2) is 60.9 Å². The number of likely N-dealkylation sites (tertiary alicyclic amines) is 2. The van der Waals surface area contributed by atoms with Gasteiger partial charge in [-0.05, 0) is 60.8 Å². The van der Waals surface area contributed by atoms with Crippen molar-refractivity contribution in [3.63, 3.8) is 0 Å². The number of nitrogens with one attached hydrogen (secondary N) is 4. The van der Waals surface area contributed by atoms with E-state index in [1.807, 2.05) is 55.5 Å². The number of benzene rings is 2. The molecule has 4 amide bonds. The molecule has 0 bridgehead atoms. The largest absolute Gasteiger partial charge is 0.453 e. The lowest BCUT2D eigenvalue weighted by molar-refractivity contribution is -0.143. The monoisotopic (exact) mass is 792 g/mol. The summed E-state index contributed by atoms with van der Waals surface area (Å²) in [5.74, 6) is 0.434. The second kappa shape index (κ2) is 17.9. The molecule has 2 aromatic carbocycles. The number of rotatable bonds is 13. The summed E-state index contributed by atoms with van der Waals surface area (Å²) in [5.41, 5.74) is 5.28. The molecule has 14 nitrogen and oxygen atoms in total. The molecular weight excluding hydrogens is 745 g/mol. The number of aromatic nitrogens is 4. The Morgan fingerprint density at radius 2 is 1.12 bits per heavy atom. The van der Waals surface area contributed by atoms with E-state index in [4.69, 9.17) is 4.74 Å². The molecular formula is C40H47F3N8O6. The van der Waals surface area contributed by atoms with Gasteiger partial charge in [0.05, 0.1) is 50.1 Å². The predicted molar refractivity (Wildman–Crippen MR) is 203 cm³/mol. The lowest BCUT2D eigenvalue weighted by atomic mass is 10.0. The van der Waals surface area contributed by atoms with E-state index in [9.17, 15) is 32.3 Å². The van der Waals surface area contributed by atoms with Crippen molar-refractivity contribution in [1.82, 2.24) is 40.4 Å². The first-order valence-electron chi connectivity index (χ1n) is 19.1. The van der Waals surface area contributed by atoms with Gasteiger partial charge in [0.2, 0.25) is 11.8 Å². The maximum atomic E-state index is 13.5. The molecule has 2 fully saturated rings. The highest BCUT2D eigenvalue weighted by atomic mass is 19.4. The smallest absolute Gasteiger partial charge is 0.407 e. The summed E-state index contributed by atoms with van der Waals surface area (Å²) in [5, 5.41) is 4.94. The molecule has 6 rings (SSSR count). The number of alkyl halides is 3. The third-order valence-corrected chi connectivity index (χ3v) is 10.5. The molecule has 4 aromatic rings. The Labute approximate surface area is 327 Å². The topological polar surface area (TPSA) is 175 Å². The Morgan fingerprint density at radius 1 is 0.719 bits per heavy atom. The second-order valence-electron chi connectivity index (χ2n) is 14.2. The maximum absolute atomic E-state index is 13.5. The van der Waals surface area contributed by atoms with Crippen LogP contribution < -0.4 is 10.6 Å². The lowest BCUT2D eigenvalue weighted by Crippen LogP contribution is -2.48. The van der Waals surface area contributed by atoms with E-state index in [0.29, 0.717) is 49.7 Å². The number of amides is 4. The summed E-state index contributed by atoms with van der Waals surface area (Å²) in [7, 11) is 2.36. The van der Waals surface area contributed by atoms with Gasteiger partial charge in [0, 0.05) is 19.5 Å². The molecule has 57 heavy (non-hydrogen) atoms. The number of nitrogens with zero attached hydrogens (tertiary/aromatic N) is 4. The van der Waals surface area contributed by atoms with Crippen LogP contribution in [0.3, 0.4) is 0 Å². The van der Waals surface area contributed by atoms with Crippen molar-refractivity contribution >= 4 is 24.0 Å². The zero-order chi connectivity index (χ0) is 40.7. The second-order valence-corrected chi connectivity index (χ2v) is 14.2. The van der Waals surface area contributed by atoms with E-state index in [0.717, 1.165) is 54.3 Å². The molecule has 4 heterocycles. The number of imidazole rings is 2. The van der Waals surface area contributed by atoms with Crippen molar-refractivity contribution in [2.45, 2.75) is 88.6 Å². The highest BCUT2D eigenvalue weighted by Gasteiger charge is 2.39. The Hall–Kier alpha value is -5.87. The van der Waals surface area contributed by atoms with Crippen LogP contribution in [0, 0.1) is 0 Å². The molecule has 0 saturated carbocycles. The van der Waals surface area contributed by atoms with Gasteiger partial charge in [0.1, 0.15) is 23.7 Å². The number of halogens is 3. The molecule has 304 valence electrons. The third-order valence-electron chi connectivity index (χ3n) is 10.5. The number of carbonyl (C=O) groups excluding carboxylic acids is 4. The molecule has 0 aliphatic carbocycles. The first-order chi connectivity index (χ1) is 27.4. The van der Waals surface area contributed by atoms with Gasteiger partial charge in [-0.2, -0.15) is 13.2 Å². The van der Waals surface area contributed by atoms with E-state index in [1.54, 1.807) is 17.3 Å². The van der Waals surface area contributed by atoms with Crippen molar-refractivity contribution in [3.8, 4) is 33.6 Å². The zero-order valence-electron chi connectivity index (χ0n) is 32.0. The molecule has 2 aliphatic rings. The van der Waals surface area contributed by atoms with E-state index in [1.165, 1.54) is 12.0 Å². The van der Waals surface area contributed by atoms with E-state index >= 15 is 0 Å².